The molecule has 1 aliphatic heterocycles. The summed E-state index contributed by atoms with van der Waals surface area (Å²) >= 11 is 0. The number of ether oxygens (including phenoxy) is 1. The van der Waals surface area contributed by atoms with Crippen molar-refractivity contribution in [3.8, 4) is 0 Å². The predicted molar refractivity (Wildman–Crippen MR) is 54.2 cm³/mol. The van der Waals surface area contributed by atoms with E-state index in [4.69, 9.17) is 9.84 Å². The number of aliphatic hydroxyl groups excluding tert-OH is 4. The van der Waals surface area contributed by atoms with E-state index in [-0.39, 0.29) is 0 Å². The second kappa shape index (κ2) is 6.04. The summed E-state index contributed by atoms with van der Waals surface area (Å²) in [5.41, 5.74) is 8.62. The van der Waals surface area contributed by atoms with Gasteiger partial charge in [0, 0.05) is 0 Å². The van der Waals surface area contributed by atoms with E-state index in [1.54, 1.807) is 0 Å². The number of hydrazine groups is 1. The fraction of sp³-hybridized carbons (Fsp3) is 0.750. The van der Waals surface area contributed by atoms with Gasteiger partial charge in [0.25, 0.3) is 0 Å². The Morgan fingerprint density at radius 1 is 1.17 bits per heavy atom. The Bertz CT molecular complexity index is 324. The van der Waals surface area contributed by atoms with Crippen LogP contribution in [0.1, 0.15) is 0 Å². The normalized spacial score (nSPS) is 36.1. The first-order valence-corrected chi connectivity index (χ1v) is 5.04. The maximum atomic E-state index is 10.8. The summed E-state index contributed by atoms with van der Waals surface area (Å²) in [4.78, 5) is 21.3. The molecule has 0 aliphatic carbocycles. The summed E-state index contributed by atoms with van der Waals surface area (Å²) in [6.07, 6.45) is -7.10. The molecule has 0 bridgehead atoms. The summed E-state index contributed by atoms with van der Waals surface area (Å²) in [7, 11) is 0. The third-order valence-corrected chi connectivity index (χ3v) is 2.44. The Morgan fingerprint density at radius 2 is 1.78 bits per heavy atom. The zero-order valence-electron chi connectivity index (χ0n) is 9.18. The number of rotatable bonds is 3. The van der Waals surface area contributed by atoms with Gasteiger partial charge in [-0.25, -0.2) is 5.43 Å². The molecular formula is C8H15N3O7. The molecule has 10 heteroatoms. The van der Waals surface area contributed by atoms with Gasteiger partial charge in [0.15, 0.2) is 6.23 Å². The van der Waals surface area contributed by atoms with Gasteiger partial charge in [-0.1, -0.05) is 0 Å². The number of amides is 2. The van der Waals surface area contributed by atoms with Crippen LogP contribution in [-0.4, -0.2) is 69.5 Å². The minimum Gasteiger partial charge on any atom is -0.394 e. The third-order valence-electron chi connectivity index (χ3n) is 2.44. The van der Waals surface area contributed by atoms with E-state index in [0.717, 1.165) is 0 Å². The summed E-state index contributed by atoms with van der Waals surface area (Å²) in [5, 5.41) is 37.3. The van der Waals surface area contributed by atoms with Crippen molar-refractivity contribution in [2.24, 2.45) is 5.73 Å². The summed E-state index contributed by atoms with van der Waals surface area (Å²) in [5.74, 6) is -2.43. The van der Waals surface area contributed by atoms with Crippen LogP contribution in [0.25, 0.3) is 0 Å². The summed E-state index contributed by atoms with van der Waals surface area (Å²) in [6.45, 7) is -0.604. The second-order valence-electron chi connectivity index (χ2n) is 3.71. The van der Waals surface area contributed by atoms with Crippen LogP contribution in [-0.2, 0) is 14.3 Å². The molecule has 0 aromatic rings. The van der Waals surface area contributed by atoms with Crippen molar-refractivity contribution in [3.63, 3.8) is 0 Å². The molecule has 0 radical (unpaired) electrons. The number of hydrogen-bond donors (Lipinski definition) is 7. The van der Waals surface area contributed by atoms with Gasteiger partial charge in [0.1, 0.15) is 24.4 Å². The Hall–Kier alpha value is -1.30. The molecule has 0 aromatic carbocycles. The molecule has 5 unspecified atom stereocenters. The molecule has 1 rings (SSSR count). The van der Waals surface area contributed by atoms with Gasteiger partial charge in [-0.2, -0.15) is 0 Å². The standard InChI is InChI=1S/C8H15N3O7/c9-6(16)7(17)10-11-8-5(15)4(14)3(13)2(1-12)18-8/h2-5,8,11-15H,1H2,(H2,9,16)(H,10,17). The van der Waals surface area contributed by atoms with Gasteiger partial charge in [0.05, 0.1) is 6.61 Å². The molecular weight excluding hydrogens is 250 g/mol. The number of carbonyl (C=O) groups is 2. The highest BCUT2D eigenvalue weighted by atomic mass is 16.6. The average Bonchev–Trinajstić information content (AvgIpc) is 2.34. The van der Waals surface area contributed by atoms with Crippen molar-refractivity contribution in [1.82, 2.24) is 10.9 Å². The van der Waals surface area contributed by atoms with E-state index in [0.29, 0.717) is 0 Å². The maximum Gasteiger partial charge on any atom is 0.323 e. The molecule has 8 N–H and O–H groups in total. The van der Waals surface area contributed by atoms with Crippen LogP contribution in [0.15, 0.2) is 0 Å². The Labute approximate surface area is 101 Å². The van der Waals surface area contributed by atoms with Gasteiger partial charge in [-0.05, 0) is 0 Å². The van der Waals surface area contributed by atoms with Crippen LogP contribution in [0, 0.1) is 0 Å². The first-order chi connectivity index (χ1) is 8.38. The fourth-order valence-electron chi connectivity index (χ4n) is 1.42. The van der Waals surface area contributed by atoms with Gasteiger partial charge in [-0.3, -0.25) is 15.0 Å². The SMILES string of the molecule is NC(=O)C(=O)NNC1OC(CO)C(O)C(O)C1O. The summed E-state index contributed by atoms with van der Waals surface area (Å²) in [6, 6.07) is 0. The van der Waals surface area contributed by atoms with Gasteiger partial charge in [-0.15, -0.1) is 0 Å². The number of nitrogens with one attached hydrogen (secondary N) is 2. The molecule has 104 valence electrons. The molecule has 0 spiro atoms. The zero-order valence-corrected chi connectivity index (χ0v) is 9.18. The highest BCUT2D eigenvalue weighted by molar-refractivity contribution is 6.34. The zero-order chi connectivity index (χ0) is 13.9. The number of primary amides is 1. The number of aliphatic hydroxyl groups is 4. The van der Waals surface area contributed by atoms with Crippen molar-refractivity contribution in [1.29, 1.82) is 0 Å². The predicted octanol–water partition coefficient (Wildman–Crippen LogP) is -5.11. The van der Waals surface area contributed by atoms with E-state index < -0.39 is 49.1 Å². The van der Waals surface area contributed by atoms with Crippen LogP contribution in [0.5, 0.6) is 0 Å². The quantitative estimate of drug-likeness (QED) is 0.196. The van der Waals surface area contributed by atoms with Crippen LogP contribution in [0.3, 0.4) is 0 Å². The van der Waals surface area contributed by atoms with Gasteiger partial charge in [0.2, 0.25) is 0 Å². The molecule has 0 saturated carbocycles. The molecule has 10 nitrogen and oxygen atoms in total. The van der Waals surface area contributed by atoms with Gasteiger partial charge < -0.3 is 30.9 Å². The highest BCUT2D eigenvalue weighted by Gasteiger charge is 2.43. The second-order valence-corrected chi connectivity index (χ2v) is 3.71. The average molecular weight is 265 g/mol. The summed E-state index contributed by atoms with van der Waals surface area (Å²) < 4.78 is 4.97. The lowest BCUT2D eigenvalue weighted by atomic mass is 9.99. The topological polar surface area (TPSA) is 174 Å². The van der Waals surface area contributed by atoms with Crippen molar-refractivity contribution < 1.29 is 34.8 Å². The monoisotopic (exact) mass is 265 g/mol. The largest absolute Gasteiger partial charge is 0.394 e. The molecule has 18 heavy (non-hydrogen) atoms. The lowest BCUT2D eigenvalue weighted by Gasteiger charge is -2.40. The minimum atomic E-state index is -1.58. The Kier molecular flexibility index (Phi) is 4.95. The molecule has 5 atom stereocenters. The van der Waals surface area contributed by atoms with Crippen LogP contribution >= 0.6 is 0 Å². The number of nitrogens with two attached hydrogens (primary N) is 1. The fourth-order valence-corrected chi connectivity index (χ4v) is 1.42. The van der Waals surface area contributed by atoms with Crippen LogP contribution in [0.4, 0.5) is 0 Å². The smallest absolute Gasteiger partial charge is 0.323 e. The molecule has 1 saturated heterocycles. The third kappa shape index (κ3) is 3.13. The van der Waals surface area contributed by atoms with Crippen molar-refractivity contribution >= 4 is 11.8 Å². The van der Waals surface area contributed by atoms with Crippen molar-refractivity contribution in [3.05, 3.63) is 0 Å². The first-order valence-electron chi connectivity index (χ1n) is 5.04. The Morgan fingerprint density at radius 3 is 2.28 bits per heavy atom. The molecule has 1 aliphatic rings. The lowest BCUT2D eigenvalue weighted by molar-refractivity contribution is -0.238. The molecule has 2 amide bonds. The van der Waals surface area contributed by atoms with Crippen LogP contribution < -0.4 is 16.6 Å². The van der Waals surface area contributed by atoms with E-state index in [1.807, 2.05) is 5.43 Å². The van der Waals surface area contributed by atoms with Crippen molar-refractivity contribution in [2.75, 3.05) is 6.61 Å². The van der Waals surface area contributed by atoms with Crippen molar-refractivity contribution in [2.45, 2.75) is 30.6 Å². The maximum absolute atomic E-state index is 10.8. The van der Waals surface area contributed by atoms with Crippen LogP contribution in [0.2, 0.25) is 0 Å². The number of hydrogen-bond acceptors (Lipinski definition) is 8. The van der Waals surface area contributed by atoms with E-state index in [9.17, 15) is 24.9 Å². The molecule has 0 aromatic heterocycles. The number of carbonyl (C=O) groups excluding carboxylic acids is 2. The minimum absolute atomic E-state index is 0.604. The molecule has 1 fully saturated rings. The lowest BCUT2D eigenvalue weighted by Crippen LogP contribution is -2.65. The molecule has 1 heterocycles. The highest BCUT2D eigenvalue weighted by Crippen LogP contribution is 2.19. The first kappa shape index (κ1) is 14.8. The van der Waals surface area contributed by atoms with E-state index >= 15 is 0 Å². The van der Waals surface area contributed by atoms with E-state index in [1.165, 1.54) is 0 Å². The van der Waals surface area contributed by atoms with E-state index in [2.05, 4.69) is 11.2 Å². The van der Waals surface area contributed by atoms with Gasteiger partial charge >= 0.3 is 11.8 Å². The Balaban J connectivity index is 2.59.